The molecule has 0 spiro atoms. The molecule has 4 rings (SSSR count). The number of pyridine rings is 1. The lowest BCUT2D eigenvalue weighted by atomic mass is 9.98. The quantitative estimate of drug-likeness (QED) is 0.707. The number of nitrogens with one attached hydrogen (secondary N) is 2. The maximum atomic E-state index is 12.3. The van der Waals surface area contributed by atoms with Crippen molar-refractivity contribution in [2.24, 2.45) is 7.05 Å². The maximum Gasteiger partial charge on any atom is 0.328 e. The van der Waals surface area contributed by atoms with Gasteiger partial charge in [0.15, 0.2) is 0 Å². The number of aromatic nitrogens is 5. The molecular weight excluding hydrogens is 332 g/mol. The summed E-state index contributed by atoms with van der Waals surface area (Å²) in [6, 6.07) is 5.82. The number of rotatable bonds is 4. The van der Waals surface area contributed by atoms with Crippen molar-refractivity contribution in [3.8, 4) is 0 Å². The van der Waals surface area contributed by atoms with Crippen LogP contribution in [0.3, 0.4) is 0 Å². The molecule has 3 aromatic heterocycles. The molecule has 26 heavy (non-hydrogen) atoms. The van der Waals surface area contributed by atoms with Crippen molar-refractivity contribution in [2.45, 2.75) is 18.9 Å². The van der Waals surface area contributed by atoms with Gasteiger partial charge in [-0.05, 0) is 18.6 Å². The van der Waals surface area contributed by atoms with Crippen LogP contribution in [0.15, 0.2) is 46.5 Å². The number of nitrogens with zero attached hydrogens (tertiary/aromatic N) is 4. The van der Waals surface area contributed by atoms with E-state index < -0.39 is 5.69 Å². The molecular formula is C18H20N6O2. The van der Waals surface area contributed by atoms with E-state index in [1.807, 2.05) is 18.2 Å². The first-order chi connectivity index (χ1) is 12.6. The minimum absolute atomic E-state index is 0.0437. The normalized spacial score (nSPS) is 17.2. The second kappa shape index (κ2) is 6.72. The zero-order valence-electron chi connectivity index (χ0n) is 14.5. The fourth-order valence-corrected chi connectivity index (χ4v) is 3.49. The number of fused-ring (bicyclic) bond motifs is 1. The highest BCUT2D eigenvalue weighted by Gasteiger charge is 2.31. The molecule has 0 aromatic carbocycles. The third kappa shape index (κ3) is 2.88. The number of imidazole rings is 1. The molecule has 1 aliphatic heterocycles. The molecule has 0 saturated carbocycles. The molecule has 0 amide bonds. The van der Waals surface area contributed by atoms with Crippen LogP contribution >= 0.6 is 0 Å². The Bertz CT molecular complexity index is 1020. The zero-order chi connectivity index (χ0) is 18.1. The third-order valence-electron chi connectivity index (χ3n) is 4.91. The molecule has 2 N–H and O–H groups in total. The van der Waals surface area contributed by atoms with E-state index in [0.717, 1.165) is 34.6 Å². The van der Waals surface area contributed by atoms with E-state index in [2.05, 4.69) is 24.8 Å². The van der Waals surface area contributed by atoms with Crippen LogP contribution < -0.4 is 11.2 Å². The molecule has 0 bridgehead atoms. The molecule has 1 unspecified atom stereocenters. The number of H-pyrrole nitrogens is 2. The largest absolute Gasteiger partial charge is 0.348 e. The SMILES string of the molecule is Cn1c(=O)[nH]cc(CCN2CCc3[nH]cnc3C2c2ccccn2)c1=O. The molecule has 0 saturated heterocycles. The Morgan fingerprint density at radius 2 is 2.12 bits per heavy atom. The predicted molar refractivity (Wildman–Crippen MR) is 96.0 cm³/mol. The first-order valence-corrected chi connectivity index (χ1v) is 8.60. The Balaban J connectivity index is 1.62. The Morgan fingerprint density at radius 3 is 2.92 bits per heavy atom. The molecule has 0 fully saturated rings. The molecule has 0 radical (unpaired) electrons. The van der Waals surface area contributed by atoms with Gasteiger partial charge in [0.2, 0.25) is 0 Å². The van der Waals surface area contributed by atoms with Crippen LogP contribution in [0, 0.1) is 0 Å². The topological polar surface area (TPSA) is 99.7 Å². The van der Waals surface area contributed by atoms with Gasteiger partial charge in [-0.3, -0.25) is 19.2 Å². The highest BCUT2D eigenvalue weighted by atomic mass is 16.2. The van der Waals surface area contributed by atoms with Crippen molar-refractivity contribution in [3.05, 3.63) is 80.4 Å². The van der Waals surface area contributed by atoms with Crippen molar-refractivity contribution in [3.63, 3.8) is 0 Å². The fraction of sp³-hybridized carbons (Fsp3) is 0.333. The van der Waals surface area contributed by atoms with Gasteiger partial charge in [-0.25, -0.2) is 9.78 Å². The summed E-state index contributed by atoms with van der Waals surface area (Å²) in [5, 5.41) is 0. The van der Waals surface area contributed by atoms with Gasteiger partial charge in [0.1, 0.15) is 0 Å². The number of hydrogen-bond acceptors (Lipinski definition) is 5. The van der Waals surface area contributed by atoms with Crippen LogP contribution in [0.25, 0.3) is 0 Å². The summed E-state index contributed by atoms with van der Waals surface area (Å²) in [4.78, 5) is 40.9. The molecule has 1 atom stereocenters. The van der Waals surface area contributed by atoms with Crippen molar-refractivity contribution < 1.29 is 0 Å². The van der Waals surface area contributed by atoms with Crippen molar-refractivity contribution >= 4 is 0 Å². The van der Waals surface area contributed by atoms with E-state index in [0.29, 0.717) is 18.5 Å². The summed E-state index contributed by atoms with van der Waals surface area (Å²) in [6.07, 6.45) is 6.45. The average molecular weight is 352 g/mol. The molecule has 8 nitrogen and oxygen atoms in total. The van der Waals surface area contributed by atoms with E-state index in [1.165, 1.54) is 13.2 Å². The average Bonchev–Trinajstić information content (AvgIpc) is 3.14. The summed E-state index contributed by atoms with van der Waals surface area (Å²) in [7, 11) is 1.48. The molecule has 4 heterocycles. The Morgan fingerprint density at radius 1 is 1.23 bits per heavy atom. The van der Waals surface area contributed by atoms with Crippen LogP contribution in [-0.4, -0.2) is 42.5 Å². The lowest BCUT2D eigenvalue weighted by Gasteiger charge is -2.34. The van der Waals surface area contributed by atoms with Crippen molar-refractivity contribution in [2.75, 3.05) is 13.1 Å². The second-order valence-electron chi connectivity index (χ2n) is 6.44. The Kier molecular flexibility index (Phi) is 4.26. The molecule has 134 valence electrons. The van der Waals surface area contributed by atoms with Gasteiger partial charge in [0.05, 0.1) is 23.8 Å². The van der Waals surface area contributed by atoms with Crippen LogP contribution in [0.2, 0.25) is 0 Å². The van der Waals surface area contributed by atoms with Crippen LogP contribution in [0.1, 0.15) is 28.7 Å². The van der Waals surface area contributed by atoms with Gasteiger partial charge in [0.25, 0.3) is 5.56 Å². The minimum atomic E-state index is -0.399. The minimum Gasteiger partial charge on any atom is -0.348 e. The first kappa shape index (κ1) is 16.5. The molecule has 0 aliphatic carbocycles. The lowest BCUT2D eigenvalue weighted by Crippen LogP contribution is -2.40. The van der Waals surface area contributed by atoms with Crippen LogP contribution in [-0.2, 0) is 19.9 Å². The smallest absolute Gasteiger partial charge is 0.328 e. The standard InChI is InChI=1S/C18H20N6O2/c1-23-17(25)12(10-20-18(23)26)5-8-24-9-6-13-15(22-11-21-13)16(24)14-4-2-3-7-19-14/h2-4,7,10-11,16H,5-6,8-9H2,1H3,(H,20,26)(H,21,22). The van der Waals surface area contributed by atoms with Crippen LogP contribution in [0.4, 0.5) is 0 Å². The monoisotopic (exact) mass is 352 g/mol. The van der Waals surface area contributed by atoms with E-state index in [9.17, 15) is 9.59 Å². The molecule has 8 heteroatoms. The fourth-order valence-electron chi connectivity index (χ4n) is 3.49. The Hall–Kier alpha value is -3.00. The maximum absolute atomic E-state index is 12.3. The number of hydrogen-bond donors (Lipinski definition) is 2. The summed E-state index contributed by atoms with van der Waals surface area (Å²) < 4.78 is 1.10. The van der Waals surface area contributed by atoms with Crippen molar-refractivity contribution in [1.82, 2.24) is 29.4 Å². The van der Waals surface area contributed by atoms with Crippen LogP contribution in [0.5, 0.6) is 0 Å². The summed E-state index contributed by atoms with van der Waals surface area (Å²) in [5.74, 6) is 0. The first-order valence-electron chi connectivity index (χ1n) is 8.60. The number of aromatic amines is 2. The zero-order valence-corrected chi connectivity index (χ0v) is 14.5. The lowest BCUT2D eigenvalue weighted by molar-refractivity contribution is 0.208. The molecule has 1 aliphatic rings. The second-order valence-corrected chi connectivity index (χ2v) is 6.44. The van der Waals surface area contributed by atoms with Crippen molar-refractivity contribution in [1.29, 1.82) is 0 Å². The van der Waals surface area contributed by atoms with Gasteiger partial charge >= 0.3 is 5.69 Å². The van der Waals surface area contributed by atoms with Gasteiger partial charge in [-0.2, -0.15) is 0 Å². The summed E-state index contributed by atoms with van der Waals surface area (Å²) >= 11 is 0. The highest BCUT2D eigenvalue weighted by Crippen LogP contribution is 2.31. The van der Waals surface area contributed by atoms with Gasteiger partial charge < -0.3 is 9.97 Å². The summed E-state index contributed by atoms with van der Waals surface area (Å²) in [6.45, 7) is 1.52. The Labute approximate surface area is 149 Å². The summed E-state index contributed by atoms with van der Waals surface area (Å²) in [5.41, 5.74) is 3.01. The third-order valence-corrected chi connectivity index (χ3v) is 4.91. The van der Waals surface area contributed by atoms with E-state index in [-0.39, 0.29) is 11.6 Å². The predicted octanol–water partition coefficient (Wildman–Crippen LogP) is 0.382. The molecule has 3 aromatic rings. The van der Waals surface area contributed by atoms with E-state index in [1.54, 1.807) is 12.5 Å². The van der Waals surface area contributed by atoms with E-state index in [4.69, 9.17) is 0 Å². The van der Waals surface area contributed by atoms with E-state index >= 15 is 0 Å². The van der Waals surface area contributed by atoms with Gasteiger partial charge in [-0.15, -0.1) is 0 Å². The van der Waals surface area contributed by atoms with Gasteiger partial charge in [0, 0.05) is 50.2 Å². The van der Waals surface area contributed by atoms with Gasteiger partial charge in [-0.1, -0.05) is 6.07 Å². The highest BCUT2D eigenvalue weighted by molar-refractivity contribution is 5.28.